The standard InChI is InChI=1S/C12H11BN2O/c13-12-6-3-7-15(12)11(16)9-4-1-2-5-10(9)14-8-12/h1-2,4-5,8H,3,6-7H2. The van der Waals surface area contributed by atoms with Crippen molar-refractivity contribution in [3.8, 4) is 0 Å². The van der Waals surface area contributed by atoms with E-state index in [9.17, 15) is 4.79 Å². The molecular weight excluding hydrogens is 199 g/mol. The Bertz CT molecular complexity index is 486. The lowest BCUT2D eigenvalue weighted by molar-refractivity contribution is 0.0754. The number of carbonyl (C=O) groups excluding carboxylic acids is 1. The fraction of sp³-hybridized carbons (Fsp3) is 0.333. The first-order valence-electron chi connectivity index (χ1n) is 5.46. The van der Waals surface area contributed by atoms with Crippen molar-refractivity contribution >= 4 is 25.7 Å². The van der Waals surface area contributed by atoms with Gasteiger partial charge in [-0.15, -0.1) is 0 Å². The predicted molar refractivity (Wildman–Crippen MR) is 63.3 cm³/mol. The van der Waals surface area contributed by atoms with E-state index in [1.165, 1.54) is 0 Å². The van der Waals surface area contributed by atoms with E-state index in [1.807, 2.05) is 18.2 Å². The van der Waals surface area contributed by atoms with Crippen LogP contribution in [0.1, 0.15) is 23.2 Å². The van der Waals surface area contributed by atoms with Gasteiger partial charge >= 0.3 is 0 Å². The summed E-state index contributed by atoms with van der Waals surface area (Å²) in [6.45, 7) is 0.718. The van der Waals surface area contributed by atoms with Gasteiger partial charge in [0, 0.05) is 18.2 Å². The number of nitrogens with zero attached hydrogens (tertiary/aromatic N) is 2. The first kappa shape index (κ1) is 9.64. The van der Waals surface area contributed by atoms with Crippen molar-refractivity contribution in [1.29, 1.82) is 0 Å². The van der Waals surface area contributed by atoms with Crippen molar-refractivity contribution in [2.75, 3.05) is 6.54 Å². The number of rotatable bonds is 0. The van der Waals surface area contributed by atoms with Crippen molar-refractivity contribution in [3.63, 3.8) is 0 Å². The summed E-state index contributed by atoms with van der Waals surface area (Å²) in [6.07, 6.45) is 3.44. The third kappa shape index (κ3) is 1.22. The summed E-state index contributed by atoms with van der Waals surface area (Å²) in [5.41, 5.74) is 0.676. The van der Waals surface area contributed by atoms with E-state index in [1.54, 1.807) is 17.2 Å². The van der Waals surface area contributed by atoms with Gasteiger partial charge in [0.25, 0.3) is 5.91 Å². The van der Waals surface area contributed by atoms with Gasteiger partial charge in [-0.05, 0) is 25.0 Å². The number of hydrogen-bond acceptors (Lipinski definition) is 2. The van der Waals surface area contributed by atoms with Crippen LogP contribution in [0.25, 0.3) is 0 Å². The van der Waals surface area contributed by atoms with Gasteiger partial charge in [-0.25, -0.2) is 0 Å². The van der Waals surface area contributed by atoms with E-state index >= 15 is 0 Å². The van der Waals surface area contributed by atoms with Gasteiger partial charge in [0.2, 0.25) is 0 Å². The molecule has 1 unspecified atom stereocenters. The van der Waals surface area contributed by atoms with Crippen LogP contribution in [0.15, 0.2) is 29.3 Å². The maximum atomic E-state index is 12.3. The van der Waals surface area contributed by atoms with E-state index in [-0.39, 0.29) is 5.91 Å². The highest BCUT2D eigenvalue weighted by Crippen LogP contribution is 2.32. The number of para-hydroxylation sites is 1. The van der Waals surface area contributed by atoms with Gasteiger partial charge in [0.15, 0.2) is 0 Å². The number of hydrogen-bond donors (Lipinski definition) is 0. The van der Waals surface area contributed by atoms with Gasteiger partial charge in [0.05, 0.1) is 11.3 Å². The summed E-state index contributed by atoms with van der Waals surface area (Å²) in [4.78, 5) is 18.4. The molecule has 0 aliphatic carbocycles. The summed E-state index contributed by atoms with van der Waals surface area (Å²) in [6, 6.07) is 7.38. The first-order valence-corrected chi connectivity index (χ1v) is 5.46. The van der Waals surface area contributed by atoms with Crippen LogP contribution >= 0.6 is 0 Å². The molecule has 0 spiro atoms. The van der Waals surface area contributed by atoms with Gasteiger partial charge in [-0.2, -0.15) is 0 Å². The predicted octanol–water partition coefficient (Wildman–Crippen LogP) is 1.50. The summed E-state index contributed by atoms with van der Waals surface area (Å²) in [5.74, 6) is -0.00639. The second-order valence-electron chi connectivity index (χ2n) is 4.33. The van der Waals surface area contributed by atoms with Crippen molar-refractivity contribution in [2.45, 2.75) is 18.3 Å². The Labute approximate surface area is 95.6 Å². The number of carbonyl (C=O) groups is 1. The van der Waals surface area contributed by atoms with E-state index in [4.69, 9.17) is 7.85 Å². The van der Waals surface area contributed by atoms with Crippen molar-refractivity contribution in [3.05, 3.63) is 29.8 Å². The van der Waals surface area contributed by atoms with Gasteiger partial charge < -0.3 is 4.90 Å². The molecular formula is C12H11BN2O. The van der Waals surface area contributed by atoms with Gasteiger partial charge in [-0.1, -0.05) is 12.1 Å². The van der Waals surface area contributed by atoms with Crippen molar-refractivity contribution in [2.24, 2.45) is 4.99 Å². The lowest BCUT2D eigenvalue weighted by Gasteiger charge is -2.31. The molecule has 0 N–H and O–H groups in total. The average molecular weight is 210 g/mol. The molecule has 1 fully saturated rings. The summed E-state index contributed by atoms with van der Waals surface area (Å²) < 4.78 is 0. The average Bonchev–Trinajstić information content (AvgIpc) is 2.64. The van der Waals surface area contributed by atoms with Crippen LogP contribution in [0.2, 0.25) is 0 Å². The molecule has 2 aliphatic rings. The minimum Gasteiger partial charge on any atom is -0.336 e. The van der Waals surface area contributed by atoms with E-state index < -0.39 is 5.44 Å². The maximum Gasteiger partial charge on any atom is 0.256 e. The Morgan fingerprint density at radius 3 is 3.06 bits per heavy atom. The second-order valence-corrected chi connectivity index (χ2v) is 4.33. The highest BCUT2D eigenvalue weighted by Gasteiger charge is 2.40. The molecule has 16 heavy (non-hydrogen) atoms. The SMILES string of the molecule is [B]C12C=Nc3ccccc3C(=O)N1CCC2. The Kier molecular flexibility index (Phi) is 1.93. The summed E-state index contributed by atoms with van der Waals surface area (Å²) in [5, 5.41) is 0. The van der Waals surface area contributed by atoms with Crippen LogP contribution in [0, 0.1) is 0 Å². The van der Waals surface area contributed by atoms with E-state index in [2.05, 4.69) is 4.99 Å². The fourth-order valence-electron chi connectivity index (χ4n) is 2.38. The maximum absolute atomic E-state index is 12.3. The topological polar surface area (TPSA) is 32.7 Å². The smallest absolute Gasteiger partial charge is 0.256 e. The summed E-state index contributed by atoms with van der Waals surface area (Å²) in [7, 11) is 6.19. The summed E-state index contributed by atoms with van der Waals surface area (Å²) >= 11 is 0. The van der Waals surface area contributed by atoms with Crippen LogP contribution in [0.4, 0.5) is 5.69 Å². The number of fused-ring (bicyclic) bond motifs is 2. The molecule has 0 bridgehead atoms. The van der Waals surface area contributed by atoms with Crippen molar-refractivity contribution < 1.29 is 4.79 Å². The highest BCUT2D eigenvalue weighted by molar-refractivity contribution is 6.28. The quantitative estimate of drug-likeness (QED) is 0.597. The van der Waals surface area contributed by atoms with Crippen LogP contribution in [0.3, 0.4) is 0 Å². The lowest BCUT2D eigenvalue weighted by Crippen LogP contribution is -2.48. The minimum absolute atomic E-state index is 0.00639. The molecule has 1 saturated heterocycles. The minimum atomic E-state index is -0.684. The molecule has 78 valence electrons. The molecule has 3 rings (SSSR count). The number of benzene rings is 1. The van der Waals surface area contributed by atoms with Gasteiger partial charge in [-0.3, -0.25) is 9.79 Å². The van der Waals surface area contributed by atoms with Crippen LogP contribution in [-0.2, 0) is 0 Å². The molecule has 1 atom stereocenters. The molecule has 2 heterocycles. The fourth-order valence-corrected chi connectivity index (χ4v) is 2.38. The molecule has 1 aromatic carbocycles. The van der Waals surface area contributed by atoms with E-state index in [0.29, 0.717) is 11.3 Å². The number of aliphatic imine (C=N–C) groups is 1. The molecule has 2 aliphatic heterocycles. The Morgan fingerprint density at radius 2 is 2.19 bits per heavy atom. The second kappa shape index (κ2) is 3.21. The normalized spacial score (nSPS) is 27.5. The largest absolute Gasteiger partial charge is 0.336 e. The third-order valence-corrected chi connectivity index (χ3v) is 3.27. The molecule has 1 aromatic rings. The van der Waals surface area contributed by atoms with Crippen LogP contribution in [0.5, 0.6) is 0 Å². The first-order chi connectivity index (χ1) is 7.71. The highest BCUT2D eigenvalue weighted by atomic mass is 16.2. The Morgan fingerprint density at radius 1 is 1.38 bits per heavy atom. The van der Waals surface area contributed by atoms with Crippen LogP contribution < -0.4 is 0 Å². The Balaban J connectivity index is 2.16. The zero-order valence-electron chi connectivity index (χ0n) is 8.89. The van der Waals surface area contributed by atoms with Gasteiger partial charge in [0.1, 0.15) is 7.85 Å². The zero-order valence-corrected chi connectivity index (χ0v) is 8.89. The molecule has 4 heteroatoms. The molecule has 3 nitrogen and oxygen atoms in total. The lowest BCUT2D eigenvalue weighted by atomic mass is 9.76. The van der Waals surface area contributed by atoms with Crippen LogP contribution in [-0.4, -0.2) is 36.9 Å². The molecule has 0 saturated carbocycles. The molecule has 1 amide bonds. The molecule has 0 aromatic heterocycles. The monoisotopic (exact) mass is 210 g/mol. The molecule has 2 radical (unpaired) electrons. The van der Waals surface area contributed by atoms with E-state index in [0.717, 1.165) is 19.4 Å². The van der Waals surface area contributed by atoms with Crippen molar-refractivity contribution in [1.82, 2.24) is 4.90 Å². The number of amides is 1. The third-order valence-electron chi connectivity index (χ3n) is 3.27. The Hall–Kier alpha value is -1.58. The zero-order chi connectivity index (χ0) is 11.2.